The van der Waals surface area contributed by atoms with Gasteiger partial charge in [0.05, 0.1) is 10.5 Å². The van der Waals surface area contributed by atoms with Crippen molar-refractivity contribution in [2.75, 3.05) is 20.4 Å². The number of carbonyl (C=O) groups is 1. The van der Waals surface area contributed by atoms with Gasteiger partial charge in [0.1, 0.15) is 6.73 Å². The summed E-state index contributed by atoms with van der Waals surface area (Å²) in [7, 11) is -2.72. The van der Waals surface area contributed by atoms with E-state index in [1.54, 1.807) is 18.2 Å². The van der Waals surface area contributed by atoms with Gasteiger partial charge >= 0.3 is 0 Å². The number of ether oxygens (including phenoxy) is 1. The topological polar surface area (TPSA) is 114 Å². The van der Waals surface area contributed by atoms with Gasteiger partial charge in [-0.2, -0.15) is 0 Å². The lowest BCUT2D eigenvalue weighted by Crippen LogP contribution is -2.47. The number of nitrogens with one attached hydrogen (secondary N) is 2. The lowest BCUT2D eigenvalue weighted by atomic mass is 10.0. The summed E-state index contributed by atoms with van der Waals surface area (Å²) in [6.45, 7) is 4.33. The van der Waals surface area contributed by atoms with Gasteiger partial charge in [0.25, 0.3) is 15.9 Å². The van der Waals surface area contributed by atoms with Crippen LogP contribution in [-0.2, 0) is 14.8 Å². The number of amides is 1. The van der Waals surface area contributed by atoms with E-state index in [-0.39, 0.29) is 29.3 Å². The molecule has 2 rings (SSSR count). The third-order valence-electron chi connectivity index (χ3n) is 4.30. The number of hydrazine groups is 1. The van der Waals surface area contributed by atoms with Crippen LogP contribution in [-0.4, -0.2) is 51.2 Å². The van der Waals surface area contributed by atoms with Crippen molar-refractivity contribution in [3.05, 3.63) is 42.5 Å². The van der Waals surface area contributed by atoms with Crippen molar-refractivity contribution in [1.82, 2.24) is 15.0 Å². The van der Waals surface area contributed by atoms with Crippen LogP contribution in [0, 0.1) is 0 Å². The zero-order chi connectivity index (χ0) is 19.2. The number of rotatable bonds is 9. The summed E-state index contributed by atoms with van der Waals surface area (Å²) in [4.78, 5) is 12.6. The SMILES string of the molecule is C=CCC(NC(=O)c1ccccc1S(=O)(=O)N(N)COC)C1CCCN1. The third kappa shape index (κ3) is 4.68. The van der Waals surface area contributed by atoms with Crippen LogP contribution in [0.15, 0.2) is 41.8 Å². The molecule has 1 amide bonds. The summed E-state index contributed by atoms with van der Waals surface area (Å²) in [6, 6.07) is 5.96. The first kappa shape index (κ1) is 20.5. The lowest BCUT2D eigenvalue weighted by molar-refractivity contribution is 0.0924. The van der Waals surface area contributed by atoms with Gasteiger partial charge in [-0.05, 0) is 37.9 Å². The van der Waals surface area contributed by atoms with Crippen LogP contribution in [0.4, 0.5) is 0 Å². The first-order valence-electron chi connectivity index (χ1n) is 8.42. The Morgan fingerprint density at radius 1 is 1.54 bits per heavy atom. The minimum absolute atomic E-state index is 0.0473. The molecule has 0 aromatic heterocycles. The predicted octanol–water partition coefficient (Wildman–Crippen LogP) is 0.581. The number of hydrogen-bond donors (Lipinski definition) is 3. The standard InChI is InChI=1S/C17H26N4O4S/c1-3-7-15(14-9-6-11-19-14)20-17(22)13-8-4-5-10-16(13)26(23,24)21(18)12-25-2/h3-5,8,10,14-15,19H,1,6-7,9,11-12,18H2,2H3,(H,20,22). The van der Waals surface area contributed by atoms with E-state index in [1.807, 2.05) is 0 Å². The number of sulfonamides is 1. The van der Waals surface area contributed by atoms with Crippen LogP contribution in [0.3, 0.4) is 0 Å². The molecule has 8 nitrogen and oxygen atoms in total. The Morgan fingerprint density at radius 2 is 2.27 bits per heavy atom. The summed E-state index contributed by atoms with van der Waals surface area (Å²) in [5.74, 6) is 5.11. The van der Waals surface area contributed by atoms with Crippen molar-refractivity contribution in [3.8, 4) is 0 Å². The maximum Gasteiger partial charge on any atom is 0.258 e. The second kappa shape index (κ2) is 9.24. The molecule has 26 heavy (non-hydrogen) atoms. The molecule has 2 unspecified atom stereocenters. The van der Waals surface area contributed by atoms with Crippen molar-refractivity contribution < 1.29 is 17.9 Å². The average molecular weight is 382 g/mol. The molecule has 1 aromatic carbocycles. The Bertz CT molecular complexity index is 732. The second-order valence-electron chi connectivity index (χ2n) is 6.11. The first-order valence-corrected chi connectivity index (χ1v) is 9.86. The maximum absolute atomic E-state index is 12.8. The van der Waals surface area contributed by atoms with Crippen LogP contribution in [0.5, 0.6) is 0 Å². The van der Waals surface area contributed by atoms with E-state index in [0.717, 1.165) is 19.4 Å². The molecule has 2 atom stereocenters. The number of carbonyl (C=O) groups excluding carboxylic acids is 1. The molecule has 0 spiro atoms. The van der Waals surface area contributed by atoms with E-state index in [0.29, 0.717) is 10.8 Å². The van der Waals surface area contributed by atoms with Crippen molar-refractivity contribution in [1.29, 1.82) is 0 Å². The molecular weight excluding hydrogens is 356 g/mol. The predicted molar refractivity (Wildman–Crippen MR) is 98.6 cm³/mol. The summed E-state index contributed by atoms with van der Waals surface area (Å²) in [6.07, 6.45) is 4.32. The van der Waals surface area contributed by atoms with E-state index in [4.69, 9.17) is 10.6 Å². The Labute approximate surface area is 154 Å². The normalized spacial score (nSPS) is 18.7. The summed E-state index contributed by atoms with van der Waals surface area (Å²) < 4.78 is 30.6. The molecule has 0 radical (unpaired) electrons. The van der Waals surface area contributed by atoms with Crippen LogP contribution < -0.4 is 16.5 Å². The number of benzene rings is 1. The molecule has 9 heteroatoms. The highest BCUT2D eigenvalue weighted by Gasteiger charge is 2.30. The van der Waals surface area contributed by atoms with Gasteiger partial charge in [-0.15, -0.1) is 11.0 Å². The van der Waals surface area contributed by atoms with E-state index >= 15 is 0 Å². The fourth-order valence-electron chi connectivity index (χ4n) is 3.01. The van der Waals surface area contributed by atoms with Crippen LogP contribution in [0.1, 0.15) is 29.6 Å². The van der Waals surface area contributed by atoms with Gasteiger partial charge in [0.2, 0.25) is 0 Å². The van der Waals surface area contributed by atoms with E-state index in [1.165, 1.54) is 19.2 Å². The van der Waals surface area contributed by atoms with Crippen LogP contribution >= 0.6 is 0 Å². The summed E-state index contributed by atoms with van der Waals surface area (Å²) >= 11 is 0. The molecule has 1 aromatic rings. The second-order valence-corrected chi connectivity index (χ2v) is 7.97. The highest BCUT2D eigenvalue weighted by molar-refractivity contribution is 7.89. The number of methoxy groups -OCH3 is 1. The quantitative estimate of drug-likeness (QED) is 0.249. The smallest absolute Gasteiger partial charge is 0.258 e. The lowest BCUT2D eigenvalue weighted by Gasteiger charge is -2.25. The average Bonchev–Trinajstić information content (AvgIpc) is 3.16. The van der Waals surface area contributed by atoms with Crippen molar-refractivity contribution in [2.45, 2.75) is 36.2 Å². The maximum atomic E-state index is 12.8. The van der Waals surface area contributed by atoms with Crippen molar-refractivity contribution >= 4 is 15.9 Å². The van der Waals surface area contributed by atoms with Gasteiger partial charge in [0, 0.05) is 19.2 Å². The Kier molecular flexibility index (Phi) is 7.30. The molecule has 1 aliphatic rings. The van der Waals surface area contributed by atoms with E-state index in [9.17, 15) is 13.2 Å². The van der Waals surface area contributed by atoms with E-state index < -0.39 is 15.9 Å². The molecule has 144 valence electrons. The van der Waals surface area contributed by atoms with E-state index in [2.05, 4.69) is 17.2 Å². The van der Waals surface area contributed by atoms with Crippen molar-refractivity contribution in [3.63, 3.8) is 0 Å². The highest BCUT2D eigenvalue weighted by atomic mass is 32.2. The fraction of sp³-hybridized carbons (Fsp3) is 0.471. The monoisotopic (exact) mass is 382 g/mol. The third-order valence-corrected chi connectivity index (χ3v) is 5.93. The minimum Gasteiger partial charge on any atom is -0.367 e. The molecule has 0 bridgehead atoms. The molecule has 1 fully saturated rings. The number of nitrogens with two attached hydrogens (primary N) is 1. The minimum atomic E-state index is -4.05. The zero-order valence-electron chi connectivity index (χ0n) is 14.8. The van der Waals surface area contributed by atoms with Crippen LogP contribution in [0.25, 0.3) is 0 Å². The summed E-state index contributed by atoms with van der Waals surface area (Å²) in [5, 5.41) is 6.28. The van der Waals surface area contributed by atoms with Gasteiger partial charge in [-0.25, -0.2) is 8.42 Å². The molecule has 1 heterocycles. The van der Waals surface area contributed by atoms with Gasteiger partial charge < -0.3 is 15.4 Å². The molecule has 0 saturated carbocycles. The molecule has 1 saturated heterocycles. The first-order chi connectivity index (χ1) is 12.4. The Hall–Kier alpha value is -1.78. The number of nitrogens with zero attached hydrogens (tertiary/aromatic N) is 1. The molecule has 1 aliphatic heterocycles. The highest BCUT2D eigenvalue weighted by Crippen LogP contribution is 2.20. The molecule has 0 aliphatic carbocycles. The van der Waals surface area contributed by atoms with Gasteiger partial charge in [0.15, 0.2) is 0 Å². The molecule has 4 N–H and O–H groups in total. The Morgan fingerprint density at radius 3 is 2.88 bits per heavy atom. The zero-order valence-corrected chi connectivity index (χ0v) is 15.7. The Balaban J connectivity index is 2.27. The van der Waals surface area contributed by atoms with Crippen LogP contribution in [0.2, 0.25) is 0 Å². The largest absolute Gasteiger partial charge is 0.367 e. The van der Waals surface area contributed by atoms with Gasteiger partial charge in [-0.1, -0.05) is 18.2 Å². The van der Waals surface area contributed by atoms with Crippen molar-refractivity contribution in [2.24, 2.45) is 5.84 Å². The fourth-order valence-corrected chi connectivity index (χ4v) is 4.19. The summed E-state index contributed by atoms with van der Waals surface area (Å²) in [5.41, 5.74) is 0.0473. The molecular formula is C17H26N4O4S. The van der Waals surface area contributed by atoms with Gasteiger partial charge in [-0.3, -0.25) is 10.6 Å². The number of hydrogen-bond acceptors (Lipinski definition) is 6.